The average molecular weight is 344 g/mol. The largest absolute Gasteiger partial charge is 0.352 e. The van der Waals surface area contributed by atoms with E-state index in [2.05, 4.69) is 10.4 Å². The van der Waals surface area contributed by atoms with Crippen LogP contribution in [0.4, 0.5) is 0 Å². The summed E-state index contributed by atoms with van der Waals surface area (Å²) >= 11 is 1.81. The highest BCUT2D eigenvalue weighted by Crippen LogP contribution is 2.26. The highest BCUT2D eigenvalue weighted by molar-refractivity contribution is 7.11. The molecule has 2 heterocycles. The number of hydrogen-bond acceptors (Lipinski definition) is 4. The van der Waals surface area contributed by atoms with Gasteiger partial charge in [0.1, 0.15) is 0 Å². The third-order valence-corrected chi connectivity index (χ3v) is 5.71. The minimum absolute atomic E-state index is 0.0704. The van der Waals surface area contributed by atoms with Crippen LogP contribution in [0.2, 0.25) is 0 Å². The lowest BCUT2D eigenvalue weighted by molar-refractivity contribution is -0.116. The number of hydrogen-bond donors (Lipinski definition) is 1. The summed E-state index contributed by atoms with van der Waals surface area (Å²) in [5, 5.41) is 8.43. The Hall–Kier alpha value is -1.95. The third kappa shape index (κ3) is 3.75. The van der Waals surface area contributed by atoms with Crippen molar-refractivity contribution in [2.45, 2.75) is 46.0 Å². The molecule has 5 nitrogen and oxygen atoms in total. The lowest BCUT2D eigenvalue weighted by Gasteiger charge is -2.06. The predicted molar refractivity (Wildman–Crippen MR) is 97.2 cm³/mol. The van der Waals surface area contributed by atoms with Gasteiger partial charge in [-0.15, -0.1) is 11.3 Å². The van der Waals surface area contributed by atoms with Gasteiger partial charge in [0.25, 0.3) is 0 Å². The molecule has 0 aliphatic heterocycles. The fourth-order valence-electron chi connectivity index (χ4n) is 3.05. The highest BCUT2D eigenvalue weighted by Gasteiger charge is 2.14. The molecule has 0 bridgehead atoms. The molecule has 0 saturated carbocycles. The van der Waals surface area contributed by atoms with Crippen molar-refractivity contribution in [1.82, 2.24) is 20.1 Å². The minimum atomic E-state index is -0.0704. The number of amides is 1. The lowest BCUT2D eigenvalue weighted by Crippen LogP contribution is -2.23. The summed E-state index contributed by atoms with van der Waals surface area (Å²) in [6.07, 6.45) is 9.06. The molecule has 0 fully saturated rings. The van der Waals surface area contributed by atoms with Crippen LogP contribution in [0.3, 0.4) is 0 Å². The zero-order chi connectivity index (χ0) is 17.1. The van der Waals surface area contributed by atoms with E-state index in [4.69, 9.17) is 4.98 Å². The molecule has 2 aromatic heterocycles. The molecule has 0 saturated heterocycles. The summed E-state index contributed by atoms with van der Waals surface area (Å²) in [4.78, 5) is 18.1. The van der Waals surface area contributed by atoms with Gasteiger partial charge in [-0.25, -0.2) is 4.98 Å². The van der Waals surface area contributed by atoms with Gasteiger partial charge in [0.2, 0.25) is 5.91 Å². The molecule has 0 spiro atoms. The lowest BCUT2D eigenvalue weighted by atomic mass is 10.0. The quantitative estimate of drug-likeness (QED) is 0.849. The number of aromatic nitrogens is 3. The number of nitrogens with one attached hydrogen (secondary N) is 1. The van der Waals surface area contributed by atoms with Crippen molar-refractivity contribution in [3.8, 4) is 0 Å². The number of rotatable bonds is 5. The SMILES string of the molecule is Cc1nn(C)c(C)c1/C=C\C(=O)NCCc1nc2c(s1)CCCC2. The summed E-state index contributed by atoms with van der Waals surface area (Å²) < 4.78 is 1.83. The molecule has 2 aromatic rings. The van der Waals surface area contributed by atoms with E-state index in [1.54, 1.807) is 6.08 Å². The van der Waals surface area contributed by atoms with Crippen LogP contribution in [0.25, 0.3) is 6.08 Å². The van der Waals surface area contributed by atoms with Crippen LogP contribution in [0.5, 0.6) is 0 Å². The zero-order valence-electron chi connectivity index (χ0n) is 14.6. The van der Waals surface area contributed by atoms with Crippen LogP contribution in [-0.2, 0) is 31.1 Å². The number of nitrogens with zero attached hydrogens (tertiary/aromatic N) is 3. The minimum Gasteiger partial charge on any atom is -0.352 e. The van der Waals surface area contributed by atoms with Crippen LogP contribution < -0.4 is 5.32 Å². The maximum Gasteiger partial charge on any atom is 0.244 e. The van der Waals surface area contributed by atoms with Crippen molar-refractivity contribution in [3.63, 3.8) is 0 Å². The Morgan fingerprint density at radius 1 is 1.33 bits per heavy atom. The fourth-order valence-corrected chi connectivity index (χ4v) is 4.21. The Morgan fingerprint density at radius 3 is 2.83 bits per heavy atom. The summed E-state index contributed by atoms with van der Waals surface area (Å²) in [7, 11) is 1.91. The third-order valence-electron chi connectivity index (χ3n) is 4.49. The van der Waals surface area contributed by atoms with Crippen molar-refractivity contribution >= 4 is 23.3 Å². The van der Waals surface area contributed by atoms with Crippen molar-refractivity contribution in [3.05, 3.63) is 38.6 Å². The summed E-state index contributed by atoms with van der Waals surface area (Å²) in [6.45, 7) is 4.58. The fraction of sp³-hybridized carbons (Fsp3) is 0.500. The Balaban J connectivity index is 1.50. The van der Waals surface area contributed by atoms with Crippen molar-refractivity contribution in [2.24, 2.45) is 7.05 Å². The number of aryl methyl sites for hydroxylation is 4. The molecule has 1 aliphatic rings. The zero-order valence-corrected chi connectivity index (χ0v) is 15.4. The standard InChI is InChI=1S/C18H24N4OS/c1-12-14(13(2)22(3)21-12)8-9-17(23)19-11-10-18-20-15-6-4-5-7-16(15)24-18/h8-9H,4-7,10-11H2,1-3H3,(H,19,23)/b9-8-. The number of fused-ring (bicyclic) bond motifs is 1. The van der Waals surface area contributed by atoms with Gasteiger partial charge in [0.05, 0.1) is 16.4 Å². The normalized spacial score (nSPS) is 14.1. The molecule has 0 unspecified atom stereocenters. The molecule has 1 N–H and O–H groups in total. The second-order valence-corrected chi connectivity index (χ2v) is 7.44. The molecule has 24 heavy (non-hydrogen) atoms. The van der Waals surface area contributed by atoms with E-state index in [1.165, 1.54) is 29.8 Å². The van der Waals surface area contributed by atoms with Gasteiger partial charge in [0.15, 0.2) is 0 Å². The van der Waals surface area contributed by atoms with Gasteiger partial charge >= 0.3 is 0 Å². The Kier molecular flexibility index (Phi) is 5.14. The van der Waals surface area contributed by atoms with Gasteiger partial charge in [-0.3, -0.25) is 9.48 Å². The number of thiazole rings is 1. The first kappa shape index (κ1) is 16.9. The molecule has 0 aromatic carbocycles. The van der Waals surface area contributed by atoms with Crippen LogP contribution in [-0.4, -0.2) is 27.2 Å². The van der Waals surface area contributed by atoms with E-state index >= 15 is 0 Å². The van der Waals surface area contributed by atoms with Crippen molar-refractivity contribution in [2.75, 3.05) is 6.54 Å². The molecule has 1 aliphatic carbocycles. The molecular weight excluding hydrogens is 320 g/mol. The van der Waals surface area contributed by atoms with Gasteiger partial charge < -0.3 is 5.32 Å². The monoisotopic (exact) mass is 344 g/mol. The van der Waals surface area contributed by atoms with Gasteiger partial charge in [-0.2, -0.15) is 5.10 Å². The second-order valence-electron chi connectivity index (χ2n) is 6.27. The van der Waals surface area contributed by atoms with Crippen LogP contribution in [0.15, 0.2) is 6.08 Å². The molecule has 3 rings (SSSR count). The maximum absolute atomic E-state index is 12.0. The first-order chi connectivity index (χ1) is 11.5. The number of carbonyl (C=O) groups is 1. The van der Waals surface area contributed by atoms with Crippen LogP contribution >= 0.6 is 11.3 Å². The summed E-state index contributed by atoms with van der Waals surface area (Å²) in [6, 6.07) is 0. The molecular formula is C18H24N4OS. The summed E-state index contributed by atoms with van der Waals surface area (Å²) in [5.41, 5.74) is 4.30. The van der Waals surface area contributed by atoms with E-state index in [0.717, 1.165) is 34.8 Å². The van der Waals surface area contributed by atoms with E-state index in [-0.39, 0.29) is 5.91 Å². The topological polar surface area (TPSA) is 59.8 Å². The molecule has 0 atom stereocenters. The Morgan fingerprint density at radius 2 is 2.12 bits per heavy atom. The molecule has 1 amide bonds. The Bertz CT molecular complexity index is 749. The van der Waals surface area contributed by atoms with E-state index in [1.807, 2.05) is 43.0 Å². The van der Waals surface area contributed by atoms with Crippen molar-refractivity contribution < 1.29 is 4.79 Å². The highest BCUT2D eigenvalue weighted by atomic mass is 32.1. The molecule has 128 valence electrons. The van der Waals surface area contributed by atoms with E-state index in [9.17, 15) is 4.79 Å². The summed E-state index contributed by atoms with van der Waals surface area (Å²) in [5.74, 6) is -0.0704. The maximum atomic E-state index is 12.0. The van der Waals surface area contributed by atoms with E-state index in [0.29, 0.717) is 6.54 Å². The first-order valence-electron chi connectivity index (χ1n) is 8.48. The first-order valence-corrected chi connectivity index (χ1v) is 9.30. The number of carbonyl (C=O) groups excluding carboxylic acids is 1. The van der Waals surface area contributed by atoms with Gasteiger partial charge in [0, 0.05) is 42.2 Å². The Labute approximate surface area is 146 Å². The van der Waals surface area contributed by atoms with E-state index < -0.39 is 0 Å². The van der Waals surface area contributed by atoms with Gasteiger partial charge in [-0.05, 0) is 45.6 Å². The second kappa shape index (κ2) is 7.30. The molecule has 0 radical (unpaired) electrons. The van der Waals surface area contributed by atoms with Crippen LogP contribution in [0.1, 0.15) is 45.4 Å². The molecule has 6 heteroatoms. The van der Waals surface area contributed by atoms with Crippen LogP contribution in [0, 0.1) is 13.8 Å². The predicted octanol–water partition coefficient (Wildman–Crippen LogP) is 2.74. The average Bonchev–Trinajstić information content (AvgIpc) is 3.07. The smallest absolute Gasteiger partial charge is 0.244 e. The van der Waals surface area contributed by atoms with Gasteiger partial charge in [-0.1, -0.05) is 0 Å². The van der Waals surface area contributed by atoms with Crippen molar-refractivity contribution in [1.29, 1.82) is 0 Å².